The maximum absolute atomic E-state index is 5.71. The topological polar surface area (TPSA) is 43.6 Å². The van der Waals surface area contributed by atoms with E-state index in [-0.39, 0.29) is 0 Å². The van der Waals surface area contributed by atoms with Crippen molar-refractivity contribution in [1.82, 2.24) is 20.0 Å². The van der Waals surface area contributed by atoms with Gasteiger partial charge in [-0.25, -0.2) is 4.68 Å². The van der Waals surface area contributed by atoms with Crippen LogP contribution in [0, 0.1) is 6.92 Å². The van der Waals surface area contributed by atoms with Crippen molar-refractivity contribution in [3.8, 4) is 16.9 Å². The number of hydrogen-bond donors (Lipinski definition) is 0. The Hall–Kier alpha value is -2.20. The van der Waals surface area contributed by atoms with E-state index in [1.807, 2.05) is 18.5 Å². The zero-order valence-electron chi connectivity index (χ0n) is 10.3. The number of benzene rings is 1. The summed E-state index contributed by atoms with van der Waals surface area (Å²) in [6.45, 7) is 2.07. The highest BCUT2D eigenvalue weighted by molar-refractivity contribution is 6.29. The molecular formula is C14H11ClN4. The zero-order valence-corrected chi connectivity index (χ0v) is 11.0. The van der Waals surface area contributed by atoms with Crippen molar-refractivity contribution >= 4 is 11.6 Å². The van der Waals surface area contributed by atoms with Crippen LogP contribution in [0.25, 0.3) is 16.9 Å². The molecule has 2 aromatic heterocycles. The lowest BCUT2D eigenvalue weighted by Crippen LogP contribution is -1.98. The van der Waals surface area contributed by atoms with E-state index in [0.29, 0.717) is 11.0 Å². The molecule has 0 bridgehead atoms. The van der Waals surface area contributed by atoms with Crippen LogP contribution >= 0.6 is 11.6 Å². The Balaban J connectivity index is 1.97. The molecule has 0 radical (unpaired) electrons. The van der Waals surface area contributed by atoms with Gasteiger partial charge in [0, 0.05) is 11.8 Å². The van der Waals surface area contributed by atoms with Crippen LogP contribution in [-0.2, 0) is 0 Å². The van der Waals surface area contributed by atoms with Gasteiger partial charge in [-0.1, -0.05) is 41.4 Å². The highest BCUT2D eigenvalue weighted by Gasteiger charge is 2.05. The molecule has 0 saturated heterocycles. The lowest BCUT2D eigenvalue weighted by molar-refractivity contribution is 0.814. The summed E-state index contributed by atoms with van der Waals surface area (Å²) in [5, 5.41) is 12.5. The maximum Gasteiger partial charge on any atom is 0.175 e. The number of aromatic nitrogens is 4. The van der Waals surface area contributed by atoms with Crippen LogP contribution in [-0.4, -0.2) is 20.0 Å². The number of aryl methyl sites for hydroxylation is 1. The SMILES string of the molecule is Cc1cccc(-c2cnn(-c3ccc(Cl)nn3)c2)c1. The number of rotatable bonds is 2. The van der Waals surface area contributed by atoms with Gasteiger partial charge in [0.25, 0.3) is 0 Å². The second kappa shape index (κ2) is 4.82. The number of halogens is 1. The Bertz CT molecular complexity index is 703. The van der Waals surface area contributed by atoms with Gasteiger partial charge in [-0.05, 0) is 24.6 Å². The van der Waals surface area contributed by atoms with E-state index in [4.69, 9.17) is 11.6 Å². The van der Waals surface area contributed by atoms with Crippen molar-refractivity contribution < 1.29 is 0 Å². The quantitative estimate of drug-likeness (QED) is 0.718. The molecule has 3 rings (SSSR count). The lowest BCUT2D eigenvalue weighted by atomic mass is 10.1. The average Bonchev–Trinajstić information content (AvgIpc) is 2.89. The Labute approximate surface area is 115 Å². The molecule has 0 spiro atoms. The predicted molar refractivity (Wildman–Crippen MR) is 74.3 cm³/mol. The molecule has 0 unspecified atom stereocenters. The van der Waals surface area contributed by atoms with Crippen molar-refractivity contribution in [2.75, 3.05) is 0 Å². The molecule has 5 heteroatoms. The van der Waals surface area contributed by atoms with Crippen LogP contribution in [0.2, 0.25) is 5.15 Å². The molecular weight excluding hydrogens is 260 g/mol. The van der Waals surface area contributed by atoms with Gasteiger partial charge in [0.15, 0.2) is 11.0 Å². The van der Waals surface area contributed by atoms with Gasteiger partial charge in [-0.15, -0.1) is 10.2 Å². The Kier molecular flexibility index (Phi) is 3.01. The standard InChI is InChI=1S/C14H11ClN4/c1-10-3-2-4-11(7-10)12-8-16-19(9-12)14-6-5-13(15)17-18-14/h2-9H,1H3. The summed E-state index contributed by atoms with van der Waals surface area (Å²) in [5.74, 6) is 0.642. The van der Waals surface area contributed by atoms with Gasteiger partial charge < -0.3 is 0 Å². The molecule has 1 aromatic carbocycles. The summed E-state index contributed by atoms with van der Waals surface area (Å²) in [6, 6.07) is 11.7. The minimum Gasteiger partial charge on any atom is -0.220 e. The lowest BCUT2D eigenvalue weighted by Gasteiger charge is -1.99. The smallest absolute Gasteiger partial charge is 0.175 e. The monoisotopic (exact) mass is 270 g/mol. The van der Waals surface area contributed by atoms with Crippen LogP contribution < -0.4 is 0 Å². The molecule has 0 fully saturated rings. The fourth-order valence-electron chi connectivity index (χ4n) is 1.85. The molecule has 19 heavy (non-hydrogen) atoms. The first-order chi connectivity index (χ1) is 9.22. The minimum atomic E-state index is 0.370. The van der Waals surface area contributed by atoms with Gasteiger partial charge in [0.2, 0.25) is 0 Å². The third-order valence-electron chi connectivity index (χ3n) is 2.79. The zero-order chi connectivity index (χ0) is 13.2. The van der Waals surface area contributed by atoms with Gasteiger partial charge in [0.1, 0.15) is 0 Å². The van der Waals surface area contributed by atoms with Crippen molar-refractivity contribution in [3.63, 3.8) is 0 Å². The normalized spacial score (nSPS) is 10.6. The van der Waals surface area contributed by atoms with E-state index >= 15 is 0 Å². The predicted octanol–water partition coefficient (Wildman–Crippen LogP) is 3.29. The summed E-state index contributed by atoms with van der Waals surface area (Å²) in [4.78, 5) is 0. The average molecular weight is 271 g/mol. The maximum atomic E-state index is 5.71. The van der Waals surface area contributed by atoms with Gasteiger partial charge in [-0.2, -0.15) is 5.10 Å². The third kappa shape index (κ3) is 2.48. The van der Waals surface area contributed by atoms with E-state index in [9.17, 15) is 0 Å². The van der Waals surface area contributed by atoms with Gasteiger partial charge in [-0.3, -0.25) is 0 Å². The molecule has 2 heterocycles. The Morgan fingerprint density at radius 1 is 1.05 bits per heavy atom. The van der Waals surface area contributed by atoms with E-state index in [1.54, 1.807) is 16.8 Å². The van der Waals surface area contributed by atoms with Crippen LogP contribution in [0.5, 0.6) is 0 Å². The third-order valence-corrected chi connectivity index (χ3v) is 2.99. The first-order valence-corrected chi connectivity index (χ1v) is 6.21. The van der Waals surface area contributed by atoms with Gasteiger partial charge >= 0.3 is 0 Å². The molecule has 0 amide bonds. The Morgan fingerprint density at radius 2 is 1.95 bits per heavy atom. The summed E-state index contributed by atoms with van der Waals surface area (Å²) in [6.07, 6.45) is 3.73. The highest BCUT2D eigenvalue weighted by atomic mass is 35.5. The highest BCUT2D eigenvalue weighted by Crippen LogP contribution is 2.20. The Morgan fingerprint density at radius 3 is 2.68 bits per heavy atom. The number of hydrogen-bond acceptors (Lipinski definition) is 3. The molecule has 0 aliphatic heterocycles. The van der Waals surface area contributed by atoms with Crippen LogP contribution in [0.15, 0.2) is 48.8 Å². The molecule has 0 N–H and O–H groups in total. The number of nitrogens with zero attached hydrogens (tertiary/aromatic N) is 4. The molecule has 0 aliphatic carbocycles. The first kappa shape index (κ1) is 11.9. The summed E-state index contributed by atoms with van der Waals surface area (Å²) in [5.41, 5.74) is 3.39. The largest absolute Gasteiger partial charge is 0.220 e. The van der Waals surface area contributed by atoms with E-state index in [1.165, 1.54) is 5.56 Å². The van der Waals surface area contributed by atoms with Crippen molar-refractivity contribution in [3.05, 3.63) is 59.5 Å². The van der Waals surface area contributed by atoms with Crippen molar-refractivity contribution in [2.24, 2.45) is 0 Å². The fraction of sp³-hybridized carbons (Fsp3) is 0.0714. The fourth-order valence-corrected chi connectivity index (χ4v) is 1.95. The molecule has 94 valence electrons. The van der Waals surface area contributed by atoms with E-state index in [2.05, 4.69) is 40.4 Å². The van der Waals surface area contributed by atoms with Crippen LogP contribution in [0.1, 0.15) is 5.56 Å². The molecule has 0 saturated carbocycles. The summed E-state index contributed by atoms with van der Waals surface area (Å²) in [7, 11) is 0. The second-order valence-corrected chi connectivity index (χ2v) is 4.64. The van der Waals surface area contributed by atoms with E-state index in [0.717, 1.165) is 11.1 Å². The van der Waals surface area contributed by atoms with Crippen molar-refractivity contribution in [1.29, 1.82) is 0 Å². The van der Waals surface area contributed by atoms with Crippen LogP contribution in [0.4, 0.5) is 0 Å². The summed E-state index contributed by atoms with van der Waals surface area (Å²) < 4.78 is 1.68. The first-order valence-electron chi connectivity index (χ1n) is 5.84. The summed E-state index contributed by atoms with van der Waals surface area (Å²) >= 11 is 5.71. The molecule has 0 atom stereocenters. The second-order valence-electron chi connectivity index (χ2n) is 4.26. The van der Waals surface area contributed by atoms with Gasteiger partial charge in [0.05, 0.1) is 6.20 Å². The minimum absolute atomic E-state index is 0.370. The van der Waals surface area contributed by atoms with E-state index < -0.39 is 0 Å². The molecule has 0 aliphatic rings. The van der Waals surface area contributed by atoms with Crippen LogP contribution in [0.3, 0.4) is 0 Å². The van der Waals surface area contributed by atoms with Crippen molar-refractivity contribution in [2.45, 2.75) is 6.92 Å². The molecule has 3 aromatic rings. The molecule has 4 nitrogen and oxygen atoms in total.